The highest BCUT2D eigenvalue weighted by Crippen LogP contribution is 2.41. The number of Topliss-reactive ketones (excluding diaryl/α,β-unsaturated/α-hetero) is 1. The van der Waals surface area contributed by atoms with Crippen molar-refractivity contribution in [3.05, 3.63) is 23.3 Å². The number of rotatable bonds is 6. The van der Waals surface area contributed by atoms with Gasteiger partial charge in [0.1, 0.15) is 18.1 Å². The Kier molecular flexibility index (Phi) is 5.33. The molecule has 1 aromatic carbocycles. The number of carbonyl (C=O) groups excluding carboxylic acids is 2. The lowest BCUT2D eigenvalue weighted by Crippen LogP contribution is -2.26. The summed E-state index contributed by atoms with van der Waals surface area (Å²) in [7, 11) is 1.49. The number of carbonyl (C=O) groups is 2. The Bertz CT molecular complexity index is 688. The molecule has 7 nitrogen and oxygen atoms in total. The number of aliphatic hydroxyl groups excluding tert-OH is 1. The number of methoxy groups -OCH3 is 1. The predicted molar refractivity (Wildman–Crippen MR) is 85.4 cm³/mol. The molecule has 0 spiro atoms. The van der Waals surface area contributed by atoms with Gasteiger partial charge in [-0.25, -0.2) is 4.79 Å². The smallest absolute Gasteiger partial charge is 0.379 e. The second-order valence-corrected chi connectivity index (χ2v) is 5.33. The van der Waals surface area contributed by atoms with E-state index in [2.05, 4.69) is 4.74 Å². The van der Waals surface area contributed by atoms with Gasteiger partial charge in [-0.05, 0) is 26.8 Å². The van der Waals surface area contributed by atoms with Crippen LogP contribution >= 0.6 is 0 Å². The van der Waals surface area contributed by atoms with Gasteiger partial charge in [-0.3, -0.25) is 4.79 Å². The first kappa shape index (κ1) is 17.7. The molecule has 0 unspecified atom stereocenters. The van der Waals surface area contributed by atoms with E-state index < -0.39 is 11.8 Å². The Morgan fingerprint density at radius 1 is 1.29 bits per heavy atom. The molecule has 0 saturated carbocycles. The second kappa shape index (κ2) is 7.25. The number of hydrogen-bond donors (Lipinski definition) is 1. The molecule has 0 atom stereocenters. The summed E-state index contributed by atoms with van der Waals surface area (Å²) in [5.74, 6) is -1.12. The molecule has 0 aliphatic carbocycles. The van der Waals surface area contributed by atoms with E-state index in [1.807, 2.05) is 13.8 Å². The molecule has 1 aromatic rings. The van der Waals surface area contributed by atoms with E-state index in [-0.39, 0.29) is 36.2 Å². The van der Waals surface area contributed by atoms with Crippen LogP contribution in [-0.4, -0.2) is 43.3 Å². The summed E-state index contributed by atoms with van der Waals surface area (Å²) in [5.41, 5.74) is 0.104. The van der Waals surface area contributed by atoms with Crippen LogP contribution in [0.2, 0.25) is 0 Å². The zero-order chi connectivity index (χ0) is 17.9. The Balaban J connectivity index is 2.46. The Morgan fingerprint density at radius 3 is 2.58 bits per heavy atom. The summed E-state index contributed by atoms with van der Waals surface area (Å²) < 4.78 is 21.0. The first-order valence-electron chi connectivity index (χ1n) is 7.54. The topological polar surface area (TPSA) is 91.3 Å². The van der Waals surface area contributed by atoms with Crippen molar-refractivity contribution in [2.24, 2.45) is 0 Å². The number of hydrogen-bond acceptors (Lipinski definition) is 7. The molecule has 2 rings (SSSR count). The fourth-order valence-electron chi connectivity index (χ4n) is 2.23. The number of fused-ring (bicyclic) bond motifs is 1. The zero-order valence-electron chi connectivity index (χ0n) is 14.0. The predicted octanol–water partition coefficient (Wildman–Crippen LogP) is 2.28. The van der Waals surface area contributed by atoms with Crippen molar-refractivity contribution in [3.8, 4) is 17.2 Å². The van der Waals surface area contributed by atoms with Gasteiger partial charge < -0.3 is 24.1 Å². The van der Waals surface area contributed by atoms with Crippen LogP contribution in [0.1, 0.15) is 26.3 Å². The van der Waals surface area contributed by atoms with Crippen LogP contribution in [0.3, 0.4) is 0 Å². The zero-order valence-corrected chi connectivity index (χ0v) is 14.0. The number of benzene rings is 1. The minimum absolute atomic E-state index is 0.0691. The molecule has 24 heavy (non-hydrogen) atoms. The van der Waals surface area contributed by atoms with Crippen LogP contribution in [-0.2, 0) is 14.3 Å². The summed E-state index contributed by atoms with van der Waals surface area (Å²) in [5, 5.41) is 10.4. The summed E-state index contributed by atoms with van der Waals surface area (Å²) in [6, 6.07) is 3.08. The quantitative estimate of drug-likeness (QED) is 0.629. The molecule has 1 heterocycles. The first-order chi connectivity index (χ1) is 11.4. The van der Waals surface area contributed by atoms with Gasteiger partial charge in [-0.2, -0.15) is 0 Å². The van der Waals surface area contributed by atoms with E-state index >= 15 is 0 Å². The maximum Gasteiger partial charge on any atom is 0.379 e. The van der Waals surface area contributed by atoms with Gasteiger partial charge in [0.05, 0.1) is 31.0 Å². The fourth-order valence-corrected chi connectivity index (χ4v) is 2.23. The molecule has 0 amide bonds. The van der Waals surface area contributed by atoms with Gasteiger partial charge in [-0.1, -0.05) is 0 Å². The van der Waals surface area contributed by atoms with Crippen molar-refractivity contribution >= 4 is 17.5 Å². The molecule has 0 radical (unpaired) electrons. The Morgan fingerprint density at radius 2 is 2.00 bits per heavy atom. The van der Waals surface area contributed by atoms with Gasteiger partial charge >= 0.3 is 5.97 Å². The monoisotopic (exact) mass is 336 g/mol. The fraction of sp³-hybridized carbons (Fsp3) is 0.412. The van der Waals surface area contributed by atoms with Gasteiger partial charge in [0.2, 0.25) is 0 Å². The van der Waals surface area contributed by atoms with Gasteiger partial charge in [0.25, 0.3) is 5.78 Å². The Hall–Kier alpha value is -2.70. The van der Waals surface area contributed by atoms with E-state index in [1.54, 1.807) is 13.0 Å². The van der Waals surface area contributed by atoms with Gasteiger partial charge in [0.15, 0.2) is 11.5 Å². The lowest BCUT2D eigenvalue weighted by atomic mass is 10.0. The SMILES string of the molecule is CCOC(=O)C(=O)C1=C(O)c2cc(OC(C)C)c(OC)cc2OC1. The number of esters is 1. The molecule has 0 bridgehead atoms. The van der Waals surface area contributed by atoms with Gasteiger partial charge in [0, 0.05) is 6.07 Å². The van der Waals surface area contributed by atoms with Crippen LogP contribution in [0.15, 0.2) is 17.7 Å². The van der Waals surface area contributed by atoms with E-state index in [9.17, 15) is 14.7 Å². The van der Waals surface area contributed by atoms with Crippen molar-refractivity contribution < 1.29 is 33.6 Å². The molecule has 1 aliphatic rings. The third-order valence-corrected chi connectivity index (χ3v) is 3.28. The van der Waals surface area contributed by atoms with Crippen molar-refractivity contribution in [3.63, 3.8) is 0 Å². The normalized spacial score (nSPS) is 13.2. The third kappa shape index (κ3) is 3.45. The lowest BCUT2D eigenvalue weighted by Gasteiger charge is -2.22. The summed E-state index contributed by atoms with van der Waals surface area (Å²) >= 11 is 0. The van der Waals surface area contributed by atoms with E-state index in [4.69, 9.17) is 14.2 Å². The van der Waals surface area contributed by atoms with Crippen molar-refractivity contribution in [2.45, 2.75) is 26.9 Å². The third-order valence-electron chi connectivity index (χ3n) is 3.28. The molecule has 0 fully saturated rings. The van der Waals surface area contributed by atoms with Crippen LogP contribution in [0.5, 0.6) is 17.2 Å². The van der Waals surface area contributed by atoms with E-state index in [0.717, 1.165) is 0 Å². The number of ketones is 1. The molecular formula is C17H20O7. The van der Waals surface area contributed by atoms with Crippen LogP contribution in [0.4, 0.5) is 0 Å². The molecule has 1 aliphatic heterocycles. The van der Waals surface area contributed by atoms with Crippen molar-refractivity contribution in [2.75, 3.05) is 20.3 Å². The highest BCUT2D eigenvalue weighted by atomic mass is 16.5. The highest BCUT2D eigenvalue weighted by Gasteiger charge is 2.31. The molecule has 7 heteroatoms. The Labute approximate surface area is 139 Å². The highest BCUT2D eigenvalue weighted by molar-refractivity contribution is 6.41. The first-order valence-corrected chi connectivity index (χ1v) is 7.54. The van der Waals surface area contributed by atoms with E-state index in [0.29, 0.717) is 17.2 Å². The number of aliphatic hydroxyl groups is 1. The molecule has 130 valence electrons. The minimum Gasteiger partial charge on any atom is -0.507 e. The lowest BCUT2D eigenvalue weighted by molar-refractivity contribution is -0.152. The molecule has 0 aromatic heterocycles. The number of ether oxygens (including phenoxy) is 4. The second-order valence-electron chi connectivity index (χ2n) is 5.33. The van der Waals surface area contributed by atoms with Crippen LogP contribution in [0, 0.1) is 0 Å². The molecule has 1 N–H and O–H groups in total. The van der Waals surface area contributed by atoms with Crippen LogP contribution < -0.4 is 14.2 Å². The average molecular weight is 336 g/mol. The van der Waals surface area contributed by atoms with E-state index in [1.165, 1.54) is 13.2 Å². The summed E-state index contributed by atoms with van der Waals surface area (Å²) in [6.45, 7) is 5.12. The maximum absolute atomic E-state index is 12.1. The standard InChI is InChI=1S/C17H20O7/c1-5-22-17(20)16(19)11-8-23-12-7-13(21-4)14(24-9(2)3)6-10(12)15(11)18/h6-7,9,18H,5,8H2,1-4H3. The summed E-state index contributed by atoms with van der Waals surface area (Å²) in [6.07, 6.45) is -0.117. The summed E-state index contributed by atoms with van der Waals surface area (Å²) in [4.78, 5) is 23.7. The largest absolute Gasteiger partial charge is 0.507 e. The minimum atomic E-state index is -1.03. The molecular weight excluding hydrogens is 316 g/mol. The average Bonchev–Trinajstić information content (AvgIpc) is 2.54. The van der Waals surface area contributed by atoms with Gasteiger partial charge in [-0.15, -0.1) is 0 Å². The van der Waals surface area contributed by atoms with Crippen molar-refractivity contribution in [1.29, 1.82) is 0 Å². The maximum atomic E-state index is 12.1. The molecule has 0 saturated heterocycles. The van der Waals surface area contributed by atoms with Crippen LogP contribution in [0.25, 0.3) is 5.76 Å². The van der Waals surface area contributed by atoms with Crippen molar-refractivity contribution in [1.82, 2.24) is 0 Å².